The fourth-order valence-electron chi connectivity index (χ4n) is 2.38. The van der Waals surface area contributed by atoms with Gasteiger partial charge < -0.3 is 10.4 Å². The van der Waals surface area contributed by atoms with Crippen molar-refractivity contribution in [3.8, 4) is 5.75 Å². The monoisotopic (exact) mass is 321 g/mol. The number of carbonyl (C=O) groups is 1. The fraction of sp³-hybridized carbons (Fsp3) is 0.0556. The van der Waals surface area contributed by atoms with Crippen LogP contribution in [0.2, 0.25) is 0 Å². The molecule has 0 aliphatic carbocycles. The maximum absolute atomic E-state index is 12.0. The lowest BCUT2D eigenvalue weighted by Gasteiger charge is -2.07. The number of amides is 2. The molecule has 0 radical (unpaired) electrons. The number of hydrogen-bond acceptors (Lipinski definition) is 3. The number of hydrazone groups is 1. The third kappa shape index (κ3) is 3.49. The zero-order valence-corrected chi connectivity index (χ0v) is 13.1. The highest BCUT2D eigenvalue weighted by atomic mass is 16.3. The SMILES string of the molecule is C[n+]1cc(O)ccc1/C=N/NC(=O)Nc1cccc2ccccc12. The van der Waals surface area contributed by atoms with E-state index in [1.165, 1.54) is 6.21 Å². The van der Waals surface area contributed by atoms with E-state index >= 15 is 0 Å². The third-order valence-corrected chi connectivity index (χ3v) is 3.56. The Hall–Kier alpha value is -3.41. The maximum atomic E-state index is 12.0. The summed E-state index contributed by atoms with van der Waals surface area (Å²) in [5, 5.41) is 18.1. The minimum absolute atomic E-state index is 0.163. The molecule has 3 rings (SSSR count). The number of aromatic hydroxyl groups is 1. The van der Waals surface area contributed by atoms with Crippen LogP contribution in [0.1, 0.15) is 5.69 Å². The summed E-state index contributed by atoms with van der Waals surface area (Å²) in [6.45, 7) is 0. The smallest absolute Gasteiger partial charge is 0.339 e. The van der Waals surface area contributed by atoms with Gasteiger partial charge in [-0.15, -0.1) is 0 Å². The molecule has 24 heavy (non-hydrogen) atoms. The van der Waals surface area contributed by atoms with Gasteiger partial charge in [0.2, 0.25) is 11.9 Å². The zero-order chi connectivity index (χ0) is 16.9. The number of hydrogen-bond donors (Lipinski definition) is 3. The topological polar surface area (TPSA) is 77.6 Å². The molecule has 1 aromatic heterocycles. The normalized spacial score (nSPS) is 10.9. The van der Waals surface area contributed by atoms with E-state index in [9.17, 15) is 9.90 Å². The molecule has 0 aliphatic heterocycles. The van der Waals surface area contributed by atoms with Crippen molar-refractivity contribution in [2.24, 2.45) is 12.1 Å². The van der Waals surface area contributed by atoms with Gasteiger partial charge in [-0.1, -0.05) is 36.4 Å². The molecule has 3 aromatic rings. The summed E-state index contributed by atoms with van der Waals surface area (Å²) in [6, 6.07) is 16.4. The predicted octanol–water partition coefficient (Wildman–Crippen LogP) is 2.53. The van der Waals surface area contributed by atoms with E-state index in [1.807, 2.05) is 42.5 Å². The molecular weight excluding hydrogens is 304 g/mol. The van der Waals surface area contributed by atoms with E-state index in [-0.39, 0.29) is 5.75 Å². The van der Waals surface area contributed by atoms with Crippen molar-refractivity contribution >= 4 is 28.7 Å². The van der Waals surface area contributed by atoms with Gasteiger partial charge in [0.25, 0.3) is 0 Å². The molecule has 0 unspecified atom stereocenters. The van der Waals surface area contributed by atoms with Crippen molar-refractivity contribution in [3.63, 3.8) is 0 Å². The molecule has 2 aromatic carbocycles. The number of fused-ring (bicyclic) bond motifs is 1. The van der Waals surface area contributed by atoms with Gasteiger partial charge in [-0.2, -0.15) is 9.67 Å². The summed E-state index contributed by atoms with van der Waals surface area (Å²) >= 11 is 0. The van der Waals surface area contributed by atoms with E-state index in [4.69, 9.17) is 0 Å². The van der Waals surface area contributed by atoms with E-state index in [1.54, 1.807) is 29.9 Å². The first kappa shape index (κ1) is 15.5. The van der Waals surface area contributed by atoms with Crippen LogP contribution in [0.3, 0.4) is 0 Å². The number of aryl methyl sites for hydroxylation is 1. The van der Waals surface area contributed by atoms with Crippen LogP contribution in [0.15, 0.2) is 65.9 Å². The third-order valence-electron chi connectivity index (χ3n) is 3.56. The number of benzene rings is 2. The molecule has 6 heteroatoms. The predicted molar refractivity (Wildman–Crippen MR) is 93.0 cm³/mol. The summed E-state index contributed by atoms with van der Waals surface area (Å²) in [7, 11) is 1.78. The fourth-order valence-corrected chi connectivity index (χ4v) is 2.38. The van der Waals surface area contributed by atoms with Gasteiger partial charge in [-0.3, -0.25) is 0 Å². The molecule has 0 fully saturated rings. The Kier molecular flexibility index (Phi) is 4.38. The van der Waals surface area contributed by atoms with Gasteiger partial charge in [0, 0.05) is 11.5 Å². The molecule has 0 atom stereocenters. The number of pyridine rings is 1. The molecule has 0 saturated carbocycles. The van der Waals surface area contributed by atoms with Crippen LogP contribution >= 0.6 is 0 Å². The molecule has 2 amide bonds. The Morgan fingerprint density at radius 2 is 1.92 bits per heavy atom. The Labute approximate surface area is 139 Å². The molecule has 120 valence electrons. The Morgan fingerprint density at radius 3 is 2.75 bits per heavy atom. The first-order valence-electron chi connectivity index (χ1n) is 7.40. The molecule has 3 N–H and O–H groups in total. The number of carbonyl (C=O) groups excluding carboxylic acids is 1. The molecule has 1 heterocycles. The minimum Gasteiger partial charge on any atom is -0.503 e. The second-order valence-corrected chi connectivity index (χ2v) is 5.27. The van der Waals surface area contributed by atoms with Crippen molar-refractivity contribution in [3.05, 3.63) is 66.5 Å². The lowest BCUT2D eigenvalue weighted by atomic mass is 10.1. The number of nitrogens with one attached hydrogen (secondary N) is 2. The van der Waals surface area contributed by atoms with Gasteiger partial charge in [-0.25, -0.2) is 10.2 Å². The van der Waals surface area contributed by atoms with Gasteiger partial charge in [0.1, 0.15) is 13.3 Å². The maximum Gasteiger partial charge on any atom is 0.339 e. The molecule has 0 aliphatic rings. The summed E-state index contributed by atoms with van der Waals surface area (Å²) in [5.74, 6) is 0.163. The number of nitrogens with zero attached hydrogens (tertiary/aromatic N) is 2. The summed E-state index contributed by atoms with van der Waals surface area (Å²) in [4.78, 5) is 12.0. The Morgan fingerprint density at radius 1 is 1.12 bits per heavy atom. The number of aromatic nitrogens is 1. The quantitative estimate of drug-likeness (QED) is 0.394. The van der Waals surface area contributed by atoms with Gasteiger partial charge in [0.15, 0.2) is 5.75 Å². The number of anilines is 1. The first-order chi connectivity index (χ1) is 11.6. The molecule has 0 bridgehead atoms. The van der Waals surface area contributed by atoms with Gasteiger partial charge in [-0.05, 0) is 17.5 Å². The van der Waals surface area contributed by atoms with Crippen LogP contribution in [-0.4, -0.2) is 17.4 Å². The lowest BCUT2D eigenvalue weighted by Crippen LogP contribution is -2.33. The second-order valence-electron chi connectivity index (χ2n) is 5.27. The van der Waals surface area contributed by atoms with Crippen molar-refractivity contribution in [2.75, 3.05) is 5.32 Å². The highest BCUT2D eigenvalue weighted by molar-refractivity contribution is 6.01. The van der Waals surface area contributed by atoms with Gasteiger partial charge >= 0.3 is 6.03 Å². The Bertz CT molecular complexity index is 917. The largest absolute Gasteiger partial charge is 0.503 e. The van der Waals surface area contributed by atoms with Crippen molar-refractivity contribution < 1.29 is 14.5 Å². The zero-order valence-electron chi connectivity index (χ0n) is 13.1. The summed E-state index contributed by atoms with van der Waals surface area (Å²) in [5.41, 5.74) is 3.88. The standard InChI is InChI=1S/C18H16N4O2/c1-22-12-15(23)10-9-14(22)11-19-21-18(24)20-17-8-4-6-13-5-2-3-7-16(13)17/h2-12H,1H3,(H2,20,23,24)/p+1. The average molecular weight is 321 g/mol. The van der Waals surface area contributed by atoms with E-state index < -0.39 is 6.03 Å². The van der Waals surface area contributed by atoms with Gasteiger partial charge in [0.05, 0.1) is 5.69 Å². The van der Waals surface area contributed by atoms with Crippen LogP contribution < -0.4 is 15.3 Å². The van der Waals surface area contributed by atoms with E-state index in [2.05, 4.69) is 15.8 Å². The first-order valence-corrected chi connectivity index (χ1v) is 7.40. The average Bonchev–Trinajstić information content (AvgIpc) is 2.57. The lowest BCUT2D eigenvalue weighted by molar-refractivity contribution is -0.672. The Balaban J connectivity index is 1.68. The summed E-state index contributed by atoms with van der Waals surface area (Å²) < 4.78 is 1.70. The number of rotatable bonds is 3. The summed E-state index contributed by atoms with van der Waals surface area (Å²) in [6.07, 6.45) is 3.06. The molecule has 0 saturated heterocycles. The molecular formula is C18H17N4O2+. The minimum atomic E-state index is -0.427. The van der Waals surface area contributed by atoms with E-state index in [0.29, 0.717) is 0 Å². The van der Waals surface area contributed by atoms with Crippen LogP contribution in [0.25, 0.3) is 10.8 Å². The van der Waals surface area contributed by atoms with Crippen molar-refractivity contribution in [1.82, 2.24) is 5.43 Å². The van der Waals surface area contributed by atoms with Crippen molar-refractivity contribution in [2.45, 2.75) is 0 Å². The van der Waals surface area contributed by atoms with Crippen LogP contribution in [0.4, 0.5) is 10.5 Å². The van der Waals surface area contributed by atoms with Crippen molar-refractivity contribution in [1.29, 1.82) is 0 Å². The second kappa shape index (κ2) is 6.78. The molecule has 6 nitrogen and oxygen atoms in total. The molecule has 0 spiro atoms. The number of urea groups is 1. The van der Waals surface area contributed by atoms with Crippen LogP contribution in [-0.2, 0) is 7.05 Å². The highest BCUT2D eigenvalue weighted by Crippen LogP contribution is 2.22. The van der Waals surface area contributed by atoms with Crippen LogP contribution in [0.5, 0.6) is 5.75 Å². The highest BCUT2D eigenvalue weighted by Gasteiger charge is 2.06. The van der Waals surface area contributed by atoms with Crippen LogP contribution in [0, 0.1) is 0 Å². The van der Waals surface area contributed by atoms with E-state index in [0.717, 1.165) is 22.2 Å².